The van der Waals surface area contributed by atoms with Crippen molar-refractivity contribution in [2.75, 3.05) is 6.61 Å². The first-order chi connectivity index (χ1) is 5.77. The zero-order valence-electron chi connectivity index (χ0n) is 7.45. The van der Waals surface area contributed by atoms with Gasteiger partial charge in [0.25, 0.3) is 0 Å². The second-order valence-electron chi connectivity index (χ2n) is 2.53. The van der Waals surface area contributed by atoms with Crippen LogP contribution in [0.4, 0.5) is 0 Å². The number of ether oxygens (including phenoxy) is 1. The maximum atomic E-state index is 10.1. The van der Waals surface area contributed by atoms with E-state index in [0.29, 0.717) is 6.42 Å². The molecule has 0 fully saturated rings. The zero-order valence-corrected chi connectivity index (χ0v) is 7.45. The molecule has 70 valence electrons. The number of rotatable bonds is 7. The smallest absolute Gasteiger partial charge is 0.303 e. The van der Waals surface area contributed by atoms with E-state index in [1.807, 2.05) is 0 Å². The highest BCUT2D eigenvalue weighted by Gasteiger charge is 1.91. The van der Waals surface area contributed by atoms with Gasteiger partial charge in [0.15, 0.2) is 0 Å². The minimum absolute atomic E-state index is 0.174. The second kappa shape index (κ2) is 8.11. The Morgan fingerprint density at radius 1 is 1.58 bits per heavy atom. The van der Waals surface area contributed by atoms with Gasteiger partial charge >= 0.3 is 5.97 Å². The van der Waals surface area contributed by atoms with Gasteiger partial charge in [-0.05, 0) is 18.9 Å². The maximum Gasteiger partial charge on any atom is 0.303 e. The number of carboxylic acids is 1. The summed E-state index contributed by atoms with van der Waals surface area (Å²) in [5, 5.41) is 8.28. The van der Waals surface area contributed by atoms with Crippen LogP contribution >= 0.6 is 0 Å². The fraction of sp³-hybridized carbons (Fsp3) is 0.667. The van der Waals surface area contributed by atoms with Crippen LogP contribution in [0.15, 0.2) is 12.3 Å². The lowest BCUT2D eigenvalue weighted by Crippen LogP contribution is -1.92. The lowest BCUT2D eigenvalue weighted by Gasteiger charge is -1.96. The van der Waals surface area contributed by atoms with Crippen molar-refractivity contribution in [3.63, 3.8) is 0 Å². The van der Waals surface area contributed by atoms with Crippen LogP contribution in [-0.2, 0) is 9.53 Å². The standard InChI is InChI=1S/C9H16O3/c1-2-3-7-12-8-5-4-6-9(10)11/h5,8H,2-4,6-7H2,1H3,(H,10,11)/b8-5+. The van der Waals surface area contributed by atoms with Crippen LogP contribution < -0.4 is 0 Å². The predicted octanol–water partition coefficient (Wildman–Crippen LogP) is 2.18. The first-order valence-electron chi connectivity index (χ1n) is 4.25. The van der Waals surface area contributed by atoms with E-state index in [-0.39, 0.29) is 6.42 Å². The third kappa shape index (κ3) is 9.01. The van der Waals surface area contributed by atoms with Crippen LogP contribution in [0.3, 0.4) is 0 Å². The Morgan fingerprint density at radius 3 is 2.92 bits per heavy atom. The second-order valence-corrected chi connectivity index (χ2v) is 2.53. The number of hydrogen-bond donors (Lipinski definition) is 1. The molecule has 0 aliphatic carbocycles. The summed E-state index contributed by atoms with van der Waals surface area (Å²) in [4.78, 5) is 10.1. The molecule has 1 N–H and O–H groups in total. The zero-order chi connectivity index (χ0) is 9.23. The summed E-state index contributed by atoms with van der Waals surface area (Å²) in [6.45, 7) is 2.82. The maximum absolute atomic E-state index is 10.1. The van der Waals surface area contributed by atoms with Crippen molar-refractivity contribution in [2.24, 2.45) is 0 Å². The Hall–Kier alpha value is -0.990. The Morgan fingerprint density at radius 2 is 2.33 bits per heavy atom. The van der Waals surface area contributed by atoms with Crippen LogP contribution in [0.1, 0.15) is 32.6 Å². The highest BCUT2D eigenvalue weighted by Crippen LogP contribution is 1.93. The number of carboxylic acid groups (broad SMARTS) is 1. The molecule has 0 aromatic heterocycles. The Kier molecular flexibility index (Phi) is 7.44. The van der Waals surface area contributed by atoms with Crippen molar-refractivity contribution >= 4 is 5.97 Å². The van der Waals surface area contributed by atoms with Crippen LogP contribution in [0, 0.1) is 0 Å². The van der Waals surface area contributed by atoms with Crippen molar-refractivity contribution in [1.82, 2.24) is 0 Å². The number of allylic oxidation sites excluding steroid dienone is 1. The lowest BCUT2D eigenvalue weighted by molar-refractivity contribution is -0.136. The molecule has 12 heavy (non-hydrogen) atoms. The molecule has 3 heteroatoms. The first kappa shape index (κ1) is 11.0. The molecule has 0 radical (unpaired) electrons. The van der Waals surface area contributed by atoms with Gasteiger partial charge in [0.1, 0.15) is 0 Å². The van der Waals surface area contributed by atoms with Crippen molar-refractivity contribution in [3.05, 3.63) is 12.3 Å². The van der Waals surface area contributed by atoms with Crippen LogP contribution in [-0.4, -0.2) is 17.7 Å². The van der Waals surface area contributed by atoms with Crippen molar-refractivity contribution in [3.8, 4) is 0 Å². The minimum Gasteiger partial charge on any atom is -0.502 e. The highest BCUT2D eigenvalue weighted by molar-refractivity contribution is 5.66. The van der Waals surface area contributed by atoms with Gasteiger partial charge in [-0.3, -0.25) is 4.79 Å². The fourth-order valence-electron chi connectivity index (χ4n) is 0.639. The minimum atomic E-state index is -0.770. The molecule has 0 aromatic carbocycles. The van der Waals surface area contributed by atoms with E-state index >= 15 is 0 Å². The normalized spacial score (nSPS) is 10.4. The summed E-state index contributed by atoms with van der Waals surface area (Å²) < 4.78 is 5.08. The summed E-state index contributed by atoms with van der Waals surface area (Å²) in [5.41, 5.74) is 0. The van der Waals surface area contributed by atoms with E-state index in [1.165, 1.54) is 0 Å². The quantitative estimate of drug-likeness (QED) is 0.473. The molecule has 0 aromatic rings. The van der Waals surface area contributed by atoms with Gasteiger partial charge in [0, 0.05) is 6.42 Å². The average molecular weight is 172 g/mol. The molecule has 0 spiro atoms. The van der Waals surface area contributed by atoms with Crippen LogP contribution in [0.25, 0.3) is 0 Å². The van der Waals surface area contributed by atoms with Crippen LogP contribution in [0.2, 0.25) is 0 Å². The number of carbonyl (C=O) groups is 1. The number of unbranched alkanes of at least 4 members (excludes halogenated alkanes) is 1. The van der Waals surface area contributed by atoms with Crippen molar-refractivity contribution in [2.45, 2.75) is 32.6 Å². The van der Waals surface area contributed by atoms with Gasteiger partial charge in [-0.25, -0.2) is 0 Å². The Bertz CT molecular complexity index is 141. The molecule has 0 aliphatic rings. The SMILES string of the molecule is CCCCO/C=C/CCC(=O)O. The van der Waals surface area contributed by atoms with Gasteiger partial charge in [-0.1, -0.05) is 13.3 Å². The number of aliphatic carboxylic acids is 1. The topological polar surface area (TPSA) is 46.5 Å². The third-order valence-electron chi connectivity index (χ3n) is 1.33. The molecule has 0 heterocycles. The van der Waals surface area contributed by atoms with Gasteiger partial charge < -0.3 is 9.84 Å². The summed E-state index contributed by atoms with van der Waals surface area (Å²) in [6, 6.07) is 0. The number of hydrogen-bond acceptors (Lipinski definition) is 2. The summed E-state index contributed by atoms with van der Waals surface area (Å²) in [6.07, 6.45) is 6.20. The van der Waals surface area contributed by atoms with E-state index in [9.17, 15) is 4.79 Å². The average Bonchev–Trinajstić information content (AvgIpc) is 2.02. The molecule has 0 aliphatic heterocycles. The Labute approximate surface area is 73.0 Å². The molecule has 0 amide bonds. The molecule has 0 rings (SSSR count). The van der Waals surface area contributed by atoms with Crippen molar-refractivity contribution < 1.29 is 14.6 Å². The van der Waals surface area contributed by atoms with Gasteiger partial charge in [0.2, 0.25) is 0 Å². The molecular weight excluding hydrogens is 156 g/mol. The molecule has 0 atom stereocenters. The Balaban J connectivity index is 3.09. The first-order valence-corrected chi connectivity index (χ1v) is 4.25. The monoisotopic (exact) mass is 172 g/mol. The van der Waals surface area contributed by atoms with Crippen molar-refractivity contribution in [1.29, 1.82) is 0 Å². The highest BCUT2D eigenvalue weighted by atomic mass is 16.5. The van der Waals surface area contributed by atoms with Gasteiger partial charge in [0.05, 0.1) is 12.9 Å². The van der Waals surface area contributed by atoms with Gasteiger partial charge in [-0.2, -0.15) is 0 Å². The van der Waals surface area contributed by atoms with Crippen LogP contribution in [0.5, 0.6) is 0 Å². The van der Waals surface area contributed by atoms with E-state index in [0.717, 1.165) is 19.4 Å². The van der Waals surface area contributed by atoms with Gasteiger partial charge in [-0.15, -0.1) is 0 Å². The lowest BCUT2D eigenvalue weighted by atomic mass is 10.3. The predicted molar refractivity (Wildman–Crippen MR) is 46.9 cm³/mol. The molecule has 0 unspecified atom stereocenters. The largest absolute Gasteiger partial charge is 0.502 e. The summed E-state index contributed by atoms with van der Waals surface area (Å²) >= 11 is 0. The fourth-order valence-corrected chi connectivity index (χ4v) is 0.639. The molecular formula is C9H16O3. The third-order valence-corrected chi connectivity index (χ3v) is 1.33. The molecule has 0 bridgehead atoms. The van der Waals surface area contributed by atoms with E-state index in [1.54, 1.807) is 12.3 Å². The molecule has 0 saturated carbocycles. The summed E-state index contributed by atoms with van der Waals surface area (Å²) in [7, 11) is 0. The molecule has 0 saturated heterocycles. The molecule has 3 nitrogen and oxygen atoms in total. The van der Waals surface area contributed by atoms with E-state index < -0.39 is 5.97 Å². The van der Waals surface area contributed by atoms with E-state index in [4.69, 9.17) is 9.84 Å². The summed E-state index contributed by atoms with van der Waals surface area (Å²) in [5.74, 6) is -0.770. The van der Waals surface area contributed by atoms with E-state index in [2.05, 4.69) is 6.92 Å².